The molecule has 38 heavy (non-hydrogen) atoms. The summed E-state index contributed by atoms with van der Waals surface area (Å²) in [6.45, 7) is 0. The van der Waals surface area contributed by atoms with E-state index >= 15 is 0 Å². The molecule has 2 radical (unpaired) electrons. The van der Waals surface area contributed by atoms with Crippen molar-refractivity contribution in [2.24, 2.45) is 0 Å². The standard InChI is InChI=1S/3C8H6O4.2Y/c3*9-7(10)5-1-2-6(4-3-5)8(11)12;;/h3*1-4H,(H,9,10)(H,11,12);;. The number of hydrogen-bond acceptors (Lipinski definition) is 6. The molecule has 3 aromatic rings. The third kappa shape index (κ3) is 12.8. The molecular formula is C24H18O12Y2. The van der Waals surface area contributed by atoms with E-state index < -0.39 is 35.8 Å². The first kappa shape index (κ1) is 36.8. The number of hydrogen-bond donors (Lipinski definition) is 6. The van der Waals surface area contributed by atoms with Crippen LogP contribution in [0.1, 0.15) is 62.1 Å². The molecule has 6 N–H and O–H groups in total. The molecule has 14 heteroatoms. The van der Waals surface area contributed by atoms with E-state index in [0.717, 1.165) is 0 Å². The van der Waals surface area contributed by atoms with Crippen LogP contribution in [0.5, 0.6) is 0 Å². The number of aromatic carboxylic acids is 6. The quantitative estimate of drug-likeness (QED) is 0.221. The molecule has 0 aliphatic heterocycles. The van der Waals surface area contributed by atoms with Gasteiger partial charge < -0.3 is 30.6 Å². The SMILES string of the molecule is O=C(O)c1ccc(C(=O)O)cc1.O=C(O)c1ccc(C(=O)O)cc1.O=C(O)c1ccc(C(=O)O)cc1.[Y].[Y]. The molecule has 0 heterocycles. The summed E-state index contributed by atoms with van der Waals surface area (Å²) in [5.74, 6) is -6.38. The zero-order valence-electron chi connectivity index (χ0n) is 19.2. The number of benzene rings is 3. The Bertz CT molecular complexity index is 1010. The van der Waals surface area contributed by atoms with E-state index in [1.54, 1.807) is 0 Å². The molecule has 0 unspecified atom stereocenters. The number of rotatable bonds is 6. The molecule has 0 spiro atoms. The van der Waals surface area contributed by atoms with Crippen molar-refractivity contribution in [3.63, 3.8) is 0 Å². The van der Waals surface area contributed by atoms with E-state index in [4.69, 9.17) is 30.6 Å². The Morgan fingerprint density at radius 1 is 0.289 bits per heavy atom. The van der Waals surface area contributed by atoms with E-state index in [1.165, 1.54) is 72.8 Å². The number of carbonyl (C=O) groups is 6. The van der Waals surface area contributed by atoms with Crippen molar-refractivity contribution in [1.29, 1.82) is 0 Å². The van der Waals surface area contributed by atoms with Crippen LogP contribution < -0.4 is 0 Å². The van der Waals surface area contributed by atoms with E-state index in [9.17, 15) is 28.8 Å². The van der Waals surface area contributed by atoms with Crippen molar-refractivity contribution in [2.75, 3.05) is 0 Å². The van der Waals surface area contributed by atoms with Crippen molar-refractivity contribution in [1.82, 2.24) is 0 Å². The molecule has 0 fully saturated rings. The van der Waals surface area contributed by atoms with Crippen LogP contribution in [0.3, 0.4) is 0 Å². The van der Waals surface area contributed by atoms with Crippen molar-refractivity contribution in [3.8, 4) is 0 Å². The maximum absolute atomic E-state index is 10.3. The molecule has 0 atom stereocenters. The predicted octanol–water partition coefficient (Wildman–Crippen LogP) is 3.24. The molecule has 0 aromatic heterocycles. The maximum atomic E-state index is 10.3. The second kappa shape index (κ2) is 18.0. The van der Waals surface area contributed by atoms with E-state index in [0.29, 0.717) is 0 Å². The van der Waals surface area contributed by atoms with Gasteiger partial charge in [0, 0.05) is 65.4 Å². The van der Waals surface area contributed by atoms with E-state index in [1.807, 2.05) is 0 Å². The predicted molar refractivity (Wildman–Crippen MR) is 121 cm³/mol. The Morgan fingerprint density at radius 3 is 0.421 bits per heavy atom. The van der Waals surface area contributed by atoms with Gasteiger partial charge >= 0.3 is 35.8 Å². The van der Waals surface area contributed by atoms with E-state index in [-0.39, 0.29) is 98.8 Å². The fourth-order valence-electron chi connectivity index (χ4n) is 2.27. The first-order valence-corrected chi connectivity index (χ1v) is 9.53. The minimum atomic E-state index is -1.06. The molecule has 12 nitrogen and oxygen atoms in total. The Kier molecular flexibility index (Phi) is 17.5. The van der Waals surface area contributed by atoms with E-state index in [2.05, 4.69) is 0 Å². The molecule has 0 aliphatic carbocycles. The van der Waals surface area contributed by atoms with Crippen molar-refractivity contribution >= 4 is 35.8 Å². The normalized spacial score (nSPS) is 8.84. The van der Waals surface area contributed by atoms with Gasteiger partial charge in [0.15, 0.2) is 0 Å². The fourth-order valence-corrected chi connectivity index (χ4v) is 2.27. The van der Waals surface area contributed by atoms with Gasteiger partial charge in [-0.2, -0.15) is 0 Å². The summed E-state index contributed by atoms with van der Waals surface area (Å²) < 4.78 is 0. The van der Waals surface area contributed by atoms with Gasteiger partial charge in [0.2, 0.25) is 0 Å². The molecule has 0 bridgehead atoms. The maximum Gasteiger partial charge on any atom is 0.335 e. The molecular weight excluding hydrogens is 658 g/mol. The summed E-state index contributed by atoms with van der Waals surface area (Å²) in [5.41, 5.74) is 0.500. The van der Waals surface area contributed by atoms with Gasteiger partial charge in [0.1, 0.15) is 0 Å². The largest absolute Gasteiger partial charge is 0.478 e. The van der Waals surface area contributed by atoms with Gasteiger partial charge in [-0.25, -0.2) is 28.8 Å². The van der Waals surface area contributed by atoms with Crippen LogP contribution in [0.15, 0.2) is 72.8 Å². The summed E-state index contributed by atoms with van der Waals surface area (Å²) in [4.78, 5) is 62.0. The Hall–Kier alpha value is -3.31. The zero-order chi connectivity index (χ0) is 27.4. The van der Waals surface area contributed by atoms with Crippen molar-refractivity contribution in [2.45, 2.75) is 0 Å². The molecule has 0 aliphatic rings. The van der Waals surface area contributed by atoms with Crippen LogP contribution in [-0.4, -0.2) is 66.5 Å². The van der Waals surface area contributed by atoms with Gasteiger partial charge in [-0.3, -0.25) is 0 Å². The summed E-state index contributed by atoms with van der Waals surface area (Å²) >= 11 is 0. The van der Waals surface area contributed by atoms with Gasteiger partial charge in [0.05, 0.1) is 33.4 Å². The van der Waals surface area contributed by atoms with Crippen molar-refractivity contribution in [3.05, 3.63) is 106 Å². The zero-order valence-corrected chi connectivity index (χ0v) is 24.9. The molecule has 3 aromatic carbocycles. The summed E-state index contributed by atoms with van der Waals surface area (Å²) in [7, 11) is 0. The van der Waals surface area contributed by atoms with Crippen LogP contribution in [0, 0.1) is 0 Å². The van der Waals surface area contributed by atoms with Gasteiger partial charge in [0.25, 0.3) is 0 Å². The van der Waals surface area contributed by atoms with Crippen molar-refractivity contribution < 1.29 is 125 Å². The monoisotopic (exact) mass is 676 g/mol. The first-order valence-electron chi connectivity index (χ1n) is 9.53. The van der Waals surface area contributed by atoms with Crippen LogP contribution >= 0.6 is 0 Å². The molecule has 0 saturated heterocycles. The smallest absolute Gasteiger partial charge is 0.335 e. The van der Waals surface area contributed by atoms with Crippen LogP contribution in [0.4, 0.5) is 0 Å². The topological polar surface area (TPSA) is 224 Å². The summed E-state index contributed by atoms with van der Waals surface area (Å²) in [5, 5.41) is 50.8. The first-order chi connectivity index (χ1) is 16.8. The Labute approximate surface area is 264 Å². The number of carboxylic acids is 6. The minimum absolute atomic E-state index is 0. The second-order valence-electron chi connectivity index (χ2n) is 6.56. The van der Waals surface area contributed by atoms with Crippen LogP contribution in [0.25, 0.3) is 0 Å². The molecule has 192 valence electrons. The Balaban J connectivity index is 0. The average Bonchev–Trinajstić information content (AvgIpc) is 2.84. The van der Waals surface area contributed by atoms with Gasteiger partial charge in [-0.15, -0.1) is 0 Å². The number of carboxylic acid groups (broad SMARTS) is 6. The molecule has 0 saturated carbocycles. The third-order valence-corrected chi connectivity index (χ3v) is 4.14. The average molecular weight is 676 g/mol. The Morgan fingerprint density at radius 2 is 0.368 bits per heavy atom. The van der Waals surface area contributed by atoms with Crippen LogP contribution in [-0.2, 0) is 65.4 Å². The summed E-state index contributed by atoms with van der Waals surface area (Å²) in [6.07, 6.45) is 0. The second-order valence-corrected chi connectivity index (χ2v) is 6.56. The third-order valence-electron chi connectivity index (χ3n) is 4.14. The minimum Gasteiger partial charge on any atom is -0.478 e. The van der Waals surface area contributed by atoms with Gasteiger partial charge in [-0.1, -0.05) is 0 Å². The summed E-state index contributed by atoms with van der Waals surface area (Å²) in [6, 6.07) is 15.1. The molecule has 0 amide bonds. The fraction of sp³-hybridized carbons (Fsp3) is 0. The van der Waals surface area contributed by atoms with Gasteiger partial charge in [-0.05, 0) is 72.8 Å². The van der Waals surface area contributed by atoms with Crippen LogP contribution in [0.2, 0.25) is 0 Å². The molecule has 3 rings (SSSR count).